The van der Waals surface area contributed by atoms with Gasteiger partial charge in [0.2, 0.25) is 5.95 Å². The van der Waals surface area contributed by atoms with Crippen LogP contribution in [0.5, 0.6) is 23.0 Å². The largest absolute Gasteiger partial charge is 0.494 e. The van der Waals surface area contributed by atoms with E-state index in [-0.39, 0.29) is 6.10 Å². The van der Waals surface area contributed by atoms with Crippen molar-refractivity contribution in [3.8, 4) is 34.3 Å². The molecule has 1 N–H and O–H groups in total. The molecule has 34 heavy (non-hydrogen) atoms. The molecule has 0 spiro atoms. The summed E-state index contributed by atoms with van der Waals surface area (Å²) in [7, 11) is 3.76. The summed E-state index contributed by atoms with van der Waals surface area (Å²) in [6, 6.07) is 11.4. The van der Waals surface area contributed by atoms with Gasteiger partial charge in [-0.1, -0.05) is 11.6 Å². The molecule has 178 valence electrons. The van der Waals surface area contributed by atoms with E-state index < -0.39 is 0 Å². The normalized spacial score (nSPS) is 16.2. The summed E-state index contributed by atoms with van der Waals surface area (Å²) in [5.41, 5.74) is 2.14. The Bertz CT molecular complexity index is 1170. The first-order valence-electron chi connectivity index (χ1n) is 11.3. The summed E-state index contributed by atoms with van der Waals surface area (Å²) in [5.74, 6) is 3.22. The Morgan fingerprint density at radius 1 is 1.06 bits per heavy atom. The average molecular weight is 483 g/mol. The zero-order valence-corrected chi connectivity index (χ0v) is 20.0. The topological polar surface area (TPSA) is 78.0 Å². The van der Waals surface area contributed by atoms with Crippen LogP contribution in [0.3, 0.4) is 0 Å². The number of piperidine rings is 1. The lowest BCUT2D eigenvalue weighted by atomic mass is 10.1. The SMILES string of the molecule is COc1cc(OC2CCN(C)CC2)ccc1Nc1ncc(Cl)c(-c2ccc3c(c2)OCCO3)n1. The van der Waals surface area contributed by atoms with Crippen molar-refractivity contribution < 1.29 is 18.9 Å². The van der Waals surface area contributed by atoms with Crippen LogP contribution in [0, 0.1) is 0 Å². The van der Waals surface area contributed by atoms with Crippen LogP contribution >= 0.6 is 11.6 Å². The van der Waals surface area contributed by atoms with Crippen LogP contribution in [-0.4, -0.2) is 61.4 Å². The fraction of sp³-hybridized carbons (Fsp3) is 0.360. The maximum absolute atomic E-state index is 6.43. The predicted octanol–water partition coefficient (Wildman–Crippen LogP) is 4.79. The molecule has 2 aromatic carbocycles. The number of halogens is 1. The second-order valence-electron chi connectivity index (χ2n) is 8.36. The van der Waals surface area contributed by atoms with Crippen molar-refractivity contribution in [1.29, 1.82) is 0 Å². The summed E-state index contributed by atoms with van der Waals surface area (Å²) >= 11 is 6.43. The Balaban J connectivity index is 1.35. The molecule has 1 saturated heterocycles. The van der Waals surface area contributed by atoms with Gasteiger partial charge >= 0.3 is 0 Å². The van der Waals surface area contributed by atoms with Gasteiger partial charge in [-0.3, -0.25) is 0 Å². The Morgan fingerprint density at radius 2 is 1.85 bits per heavy atom. The van der Waals surface area contributed by atoms with Crippen LogP contribution in [-0.2, 0) is 0 Å². The monoisotopic (exact) mass is 482 g/mol. The van der Waals surface area contributed by atoms with Gasteiger partial charge in [-0.05, 0) is 50.2 Å². The van der Waals surface area contributed by atoms with E-state index in [0.717, 1.165) is 42.9 Å². The molecule has 9 heteroatoms. The van der Waals surface area contributed by atoms with Crippen molar-refractivity contribution >= 4 is 23.2 Å². The fourth-order valence-corrected chi connectivity index (χ4v) is 4.28. The third-order valence-corrected chi connectivity index (χ3v) is 6.22. The molecule has 3 aromatic rings. The predicted molar refractivity (Wildman–Crippen MR) is 131 cm³/mol. The first-order valence-corrected chi connectivity index (χ1v) is 11.7. The van der Waals surface area contributed by atoms with Gasteiger partial charge in [0.15, 0.2) is 11.5 Å². The number of nitrogens with zero attached hydrogens (tertiary/aromatic N) is 3. The second-order valence-corrected chi connectivity index (χ2v) is 8.76. The average Bonchev–Trinajstić information content (AvgIpc) is 2.87. The molecule has 8 nitrogen and oxygen atoms in total. The van der Waals surface area contributed by atoms with Crippen molar-refractivity contribution in [2.45, 2.75) is 18.9 Å². The number of anilines is 2. The van der Waals surface area contributed by atoms with Gasteiger partial charge in [0, 0.05) is 24.7 Å². The van der Waals surface area contributed by atoms with E-state index in [9.17, 15) is 0 Å². The van der Waals surface area contributed by atoms with Crippen molar-refractivity contribution in [2.24, 2.45) is 0 Å². The van der Waals surface area contributed by atoms with E-state index in [1.165, 1.54) is 0 Å². The molecule has 2 aliphatic heterocycles. The standard InChI is InChI=1S/C25H27ClN4O4/c1-30-9-7-17(8-10-30)34-18-4-5-20(22(14-18)31-2)28-25-27-15-19(26)24(29-25)16-3-6-21-23(13-16)33-12-11-32-21/h3-6,13-15,17H,7-12H2,1-2H3,(H,27,28,29). The molecular formula is C25H27ClN4O4. The number of likely N-dealkylation sites (tertiary alicyclic amines) is 1. The highest BCUT2D eigenvalue weighted by atomic mass is 35.5. The van der Waals surface area contributed by atoms with Crippen molar-refractivity contribution in [3.63, 3.8) is 0 Å². The molecule has 0 aliphatic carbocycles. The van der Waals surface area contributed by atoms with Gasteiger partial charge in [-0.25, -0.2) is 9.97 Å². The maximum atomic E-state index is 6.43. The Labute approximate surface area is 203 Å². The van der Waals surface area contributed by atoms with E-state index in [1.807, 2.05) is 36.4 Å². The third kappa shape index (κ3) is 4.98. The number of benzene rings is 2. The molecule has 2 aliphatic rings. The number of methoxy groups -OCH3 is 1. The minimum atomic E-state index is 0.216. The zero-order chi connectivity index (χ0) is 23.5. The highest BCUT2D eigenvalue weighted by Crippen LogP contribution is 2.37. The number of hydrogen-bond acceptors (Lipinski definition) is 8. The van der Waals surface area contributed by atoms with E-state index >= 15 is 0 Å². The van der Waals surface area contributed by atoms with E-state index in [1.54, 1.807) is 13.3 Å². The van der Waals surface area contributed by atoms with E-state index in [0.29, 0.717) is 47.1 Å². The number of nitrogens with one attached hydrogen (secondary N) is 1. The molecule has 1 aromatic heterocycles. The lowest BCUT2D eigenvalue weighted by Gasteiger charge is -2.29. The van der Waals surface area contributed by atoms with Crippen molar-refractivity contribution in [1.82, 2.24) is 14.9 Å². The van der Waals surface area contributed by atoms with Gasteiger partial charge < -0.3 is 29.2 Å². The Kier molecular flexibility index (Phi) is 6.60. The molecule has 0 radical (unpaired) electrons. The highest BCUT2D eigenvalue weighted by Gasteiger charge is 2.19. The van der Waals surface area contributed by atoms with Gasteiger partial charge in [0.05, 0.1) is 29.7 Å². The number of fused-ring (bicyclic) bond motifs is 1. The highest BCUT2D eigenvalue weighted by molar-refractivity contribution is 6.32. The van der Waals surface area contributed by atoms with Crippen LogP contribution in [0.15, 0.2) is 42.6 Å². The number of hydrogen-bond donors (Lipinski definition) is 1. The Morgan fingerprint density at radius 3 is 2.65 bits per heavy atom. The second kappa shape index (κ2) is 9.95. The fourth-order valence-electron chi connectivity index (χ4n) is 4.08. The van der Waals surface area contributed by atoms with Gasteiger partial charge in [-0.15, -0.1) is 0 Å². The van der Waals surface area contributed by atoms with Gasteiger partial charge in [0.1, 0.15) is 30.8 Å². The van der Waals surface area contributed by atoms with Crippen molar-refractivity contribution in [2.75, 3.05) is 45.8 Å². The number of aromatic nitrogens is 2. The lowest BCUT2D eigenvalue weighted by Crippen LogP contribution is -2.35. The quantitative estimate of drug-likeness (QED) is 0.537. The summed E-state index contributed by atoms with van der Waals surface area (Å²) in [6.07, 6.45) is 3.82. The molecular weight excluding hydrogens is 456 g/mol. The van der Waals surface area contributed by atoms with Crippen LogP contribution in [0.4, 0.5) is 11.6 Å². The van der Waals surface area contributed by atoms with E-state index in [2.05, 4.69) is 27.2 Å². The van der Waals surface area contributed by atoms with Crippen LogP contribution in [0.2, 0.25) is 5.02 Å². The van der Waals surface area contributed by atoms with E-state index in [4.69, 9.17) is 30.5 Å². The summed E-state index contributed by atoms with van der Waals surface area (Å²) in [4.78, 5) is 11.3. The maximum Gasteiger partial charge on any atom is 0.227 e. The zero-order valence-electron chi connectivity index (χ0n) is 19.2. The van der Waals surface area contributed by atoms with Crippen LogP contribution < -0.4 is 24.3 Å². The van der Waals surface area contributed by atoms with Gasteiger partial charge in [-0.2, -0.15) is 0 Å². The molecule has 0 bridgehead atoms. The van der Waals surface area contributed by atoms with Gasteiger partial charge in [0.25, 0.3) is 0 Å². The minimum absolute atomic E-state index is 0.216. The van der Waals surface area contributed by atoms with Crippen molar-refractivity contribution in [3.05, 3.63) is 47.6 Å². The number of rotatable bonds is 6. The molecule has 0 unspecified atom stereocenters. The molecule has 0 atom stereocenters. The van der Waals surface area contributed by atoms with Crippen LogP contribution in [0.1, 0.15) is 12.8 Å². The third-order valence-electron chi connectivity index (χ3n) is 5.95. The summed E-state index contributed by atoms with van der Waals surface area (Å²) in [5, 5.41) is 3.68. The smallest absolute Gasteiger partial charge is 0.227 e. The first-order chi connectivity index (χ1) is 16.6. The van der Waals surface area contributed by atoms with Crippen LogP contribution in [0.25, 0.3) is 11.3 Å². The summed E-state index contributed by atoms with van der Waals surface area (Å²) < 4.78 is 23.1. The number of ether oxygens (including phenoxy) is 4. The molecule has 1 fully saturated rings. The summed E-state index contributed by atoms with van der Waals surface area (Å²) in [6.45, 7) is 3.14. The first kappa shape index (κ1) is 22.6. The Hall–Kier alpha value is -3.23. The molecule has 3 heterocycles. The molecule has 5 rings (SSSR count). The molecule has 0 saturated carbocycles. The minimum Gasteiger partial charge on any atom is -0.494 e. The lowest BCUT2D eigenvalue weighted by molar-refractivity contribution is 0.114. The molecule has 0 amide bonds.